The number of rotatable bonds is 3. The van der Waals surface area contributed by atoms with Gasteiger partial charge in [0.05, 0.1) is 6.54 Å². The summed E-state index contributed by atoms with van der Waals surface area (Å²) in [6.45, 7) is 11.0. The predicted octanol–water partition coefficient (Wildman–Crippen LogP) is 2.89. The van der Waals surface area contributed by atoms with Gasteiger partial charge in [-0.05, 0) is 51.9 Å². The first-order valence-corrected chi connectivity index (χ1v) is 6.62. The summed E-state index contributed by atoms with van der Waals surface area (Å²) in [5, 5.41) is 3.15. The minimum absolute atomic E-state index is 0.0342. The third-order valence-corrected chi connectivity index (χ3v) is 3.35. The lowest BCUT2D eigenvalue weighted by Gasteiger charge is -2.34. The average Bonchev–Trinajstić information content (AvgIpc) is 2.17. The van der Waals surface area contributed by atoms with Crippen molar-refractivity contribution in [3.63, 3.8) is 0 Å². The molecule has 0 spiro atoms. The Labute approximate surface area is 105 Å². The highest BCUT2D eigenvalue weighted by Gasteiger charge is 2.28. The van der Waals surface area contributed by atoms with Crippen LogP contribution in [0.4, 0.5) is 0 Å². The Morgan fingerprint density at radius 3 is 2.29 bits per heavy atom. The first kappa shape index (κ1) is 14.5. The summed E-state index contributed by atoms with van der Waals surface area (Å²) in [5.41, 5.74) is 0.389. The molecule has 3 heteroatoms. The van der Waals surface area contributed by atoms with Crippen LogP contribution in [-0.2, 0) is 9.53 Å². The van der Waals surface area contributed by atoms with Crippen molar-refractivity contribution in [1.29, 1.82) is 0 Å². The fourth-order valence-corrected chi connectivity index (χ4v) is 2.06. The van der Waals surface area contributed by atoms with E-state index in [0.717, 1.165) is 25.7 Å². The highest BCUT2D eigenvalue weighted by atomic mass is 16.5. The molecule has 1 saturated carbocycles. The lowest BCUT2D eigenvalue weighted by molar-refractivity contribution is -0.150. The lowest BCUT2D eigenvalue weighted by atomic mass is 9.76. The van der Waals surface area contributed by atoms with Crippen molar-refractivity contribution >= 4 is 5.97 Å². The SMILES string of the molecule is CC1(C)CCC(OC(=O)CNC(C)(C)C)CC1. The first-order chi connectivity index (χ1) is 7.68. The van der Waals surface area contributed by atoms with Gasteiger partial charge in [-0.3, -0.25) is 4.79 Å². The van der Waals surface area contributed by atoms with E-state index in [0.29, 0.717) is 12.0 Å². The van der Waals surface area contributed by atoms with Crippen LogP contribution in [0.3, 0.4) is 0 Å². The smallest absolute Gasteiger partial charge is 0.320 e. The Morgan fingerprint density at radius 2 is 1.82 bits per heavy atom. The third-order valence-electron chi connectivity index (χ3n) is 3.35. The molecule has 0 aromatic rings. The van der Waals surface area contributed by atoms with Crippen molar-refractivity contribution in [1.82, 2.24) is 5.32 Å². The Balaban J connectivity index is 2.24. The molecule has 1 N–H and O–H groups in total. The first-order valence-electron chi connectivity index (χ1n) is 6.62. The van der Waals surface area contributed by atoms with Crippen molar-refractivity contribution in [2.24, 2.45) is 5.41 Å². The second kappa shape index (κ2) is 5.38. The Morgan fingerprint density at radius 1 is 1.29 bits per heavy atom. The topological polar surface area (TPSA) is 38.3 Å². The lowest BCUT2D eigenvalue weighted by Crippen LogP contribution is -2.41. The number of esters is 1. The van der Waals surface area contributed by atoms with Gasteiger partial charge in [-0.15, -0.1) is 0 Å². The van der Waals surface area contributed by atoms with Gasteiger partial charge >= 0.3 is 5.97 Å². The van der Waals surface area contributed by atoms with E-state index in [1.807, 2.05) is 20.8 Å². The molecule has 3 nitrogen and oxygen atoms in total. The van der Waals surface area contributed by atoms with Gasteiger partial charge < -0.3 is 10.1 Å². The zero-order valence-corrected chi connectivity index (χ0v) is 11.9. The van der Waals surface area contributed by atoms with Gasteiger partial charge in [-0.2, -0.15) is 0 Å². The fraction of sp³-hybridized carbons (Fsp3) is 0.929. The molecule has 0 atom stereocenters. The highest BCUT2D eigenvalue weighted by Crippen LogP contribution is 2.36. The Kier molecular flexibility index (Phi) is 4.59. The molecule has 0 aliphatic heterocycles. The van der Waals surface area contributed by atoms with E-state index in [-0.39, 0.29) is 17.6 Å². The van der Waals surface area contributed by atoms with Crippen LogP contribution in [0.1, 0.15) is 60.3 Å². The van der Waals surface area contributed by atoms with Gasteiger partial charge in [-0.25, -0.2) is 0 Å². The largest absolute Gasteiger partial charge is 0.461 e. The van der Waals surface area contributed by atoms with E-state index >= 15 is 0 Å². The molecular formula is C14H27NO2. The van der Waals surface area contributed by atoms with Crippen LogP contribution in [0.15, 0.2) is 0 Å². The van der Waals surface area contributed by atoms with Crippen molar-refractivity contribution in [2.45, 2.75) is 71.9 Å². The van der Waals surface area contributed by atoms with Crippen LogP contribution < -0.4 is 5.32 Å². The van der Waals surface area contributed by atoms with E-state index in [9.17, 15) is 4.79 Å². The van der Waals surface area contributed by atoms with E-state index in [4.69, 9.17) is 4.74 Å². The van der Waals surface area contributed by atoms with Gasteiger partial charge in [0.25, 0.3) is 0 Å². The van der Waals surface area contributed by atoms with Crippen LogP contribution >= 0.6 is 0 Å². The molecule has 0 bridgehead atoms. The summed E-state index contributed by atoms with van der Waals surface area (Å²) < 4.78 is 5.48. The Bertz CT molecular complexity index is 256. The van der Waals surface area contributed by atoms with E-state index in [2.05, 4.69) is 19.2 Å². The molecule has 0 aromatic heterocycles. The molecule has 0 unspecified atom stereocenters. The highest BCUT2D eigenvalue weighted by molar-refractivity contribution is 5.71. The number of carbonyl (C=O) groups is 1. The van der Waals surface area contributed by atoms with E-state index in [1.54, 1.807) is 0 Å². The molecule has 0 amide bonds. The maximum Gasteiger partial charge on any atom is 0.320 e. The minimum Gasteiger partial charge on any atom is -0.461 e. The summed E-state index contributed by atoms with van der Waals surface area (Å²) >= 11 is 0. The van der Waals surface area contributed by atoms with E-state index in [1.165, 1.54) is 0 Å². The fourth-order valence-electron chi connectivity index (χ4n) is 2.06. The molecule has 100 valence electrons. The van der Waals surface area contributed by atoms with Crippen LogP contribution in [0.2, 0.25) is 0 Å². The van der Waals surface area contributed by atoms with Gasteiger partial charge in [0.15, 0.2) is 0 Å². The zero-order chi connectivity index (χ0) is 13.1. The molecule has 0 radical (unpaired) electrons. The van der Waals surface area contributed by atoms with Gasteiger partial charge in [0, 0.05) is 5.54 Å². The number of carbonyl (C=O) groups excluding carboxylic acids is 1. The normalized spacial score (nSPS) is 21.2. The number of hydrogen-bond acceptors (Lipinski definition) is 3. The second-order valence-corrected chi connectivity index (χ2v) is 6.96. The standard InChI is InChI=1S/C14H27NO2/c1-13(2,3)15-10-12(16)17-11-6-8-14(4,5)9-7-11/h11,15H,6-10H2,1-5H3. The number of ether oxygens (including phenoxy) is 1. The molecule has 1 aliphatic rings. The molecule has 0 heterocycles. The summed E-state index contributed by atoms with van der Waals surface area (Å²) in [6, 6.07) is 0. The maximum atomic E-state index is 11.6. The number of hydrogen-bond donors (Lipinski definition) is 1. The van der Waals surface area contributed by atoms with Crippen LogP contribution in [0, 0.1) is 5.41 Å². The van der Waals surface area contributed by atoms with Crippen LogP contribution in [0.5, 0.6) is 0 Å². The minimum atomic E-state index is -0.121. The second-order valence-electron chi connectivity index (χ2n) is 6.96. The van der Waals surface area contributed by atoms with Gasteiger partial charge in [0.2, 0.25) is 0 Å². The molecule has 1 rings (SSSR count). The van der Waals surface area contributed by atoms with E-state index < -0.39 is 0 Å². The molecule has 1 fully saturated rings. The quantitative estimate of drug-likeness (QED) is 0.772. The molecule has 17 heavy (non-hydrogen) atoms. The average molecular weight is 241 g/mol. The molecular weight excluding hydrogens is 214 g/mol. The zero-order valence-electron chi connectivity index (χ0n) is 11.9. The molecule has 0 aromatic carbocycles. The van der Waals surface area contributed by atoms with Crippen molar-refractivity contribution < 1.29 is 9.53 Å². The summed E-state index contributed by atoms with van der Waals surface area (Å²) in [7, 11) is 0. The van der Waals surface area contributed by atoms with Gasteiger partial charge in [-0.1, -0.05) is 13.8 Å². The van der Waals surface area contributed by atoms with Crippen LogP contribution in [-0.4, -0.2) is 24.2 Å². The predicted molar refractivity (Wildman–Crippen MR) is 69.9 cm³/mol. The maximum absolute atomic E-state index is 11.6. The van der Waals surface area contributed by atoms with Crippen molar-refractivity contribution in [2.75, 3.05) is 6.54 Å². The van der Waals surface area contributed by atoms with Crippen molar-refractivity contribution in [3.8, 4) is 0 Å². The summed E-state index contributed by atoms with van der Waals surface area (Å²) in [4.78, 5) is 11.6. The molecule has 0 saturated heterocycles. The van der Waals surface area contributed by atoms with Crippen LogP contribution in [0.25, 0.3) is 0 Å². The third kappa shape index (κ3) is 6.06. The summed E-state index contributed by atoms with van der Waals surface area (Å²) in [5.74, 6) is -0.121. The Hall–Kier alpha value is -0.570. The number of nitrogens with one attached hydrogen (secondary N) is 1. The monoisotopic (exact) mass is 241 g/mol. The van der Waals surface area contributed by atoms with Crippen molar-refractivity contribution in [3.05, 3.63) is 0 Å². The molecule has 1 aliphatic carbocycles. The van der Waals surface area contributed by atoms with Gasteiger partial charge in [0.1, 0.15) is 6.10 Å². The summed E-state index contributed by atoms with van der Waals surface area (Å²) in [6.07, 6.45) is 4.45.